The zero-order valence-electron chi connectivity index (χ0n) is 78.3. The van der Waals surface area contributed by atoms with E-state index in [2.05, 4.69) is 35.1 Å². The Labute approximate surface area is 779 Å². The van der Waals surface area contributed by atoms with Crippen LogP contribution < -0.4 is 21.3 Å². The van der Waals surface area contributed by atoms with Crippen LogP contribution in [0.3, 0.4) is 0 Å². The number of carboxylic acids is 3. The maximum atomic E-state index is 13.9. The molecule has 0 spiro atoms. The standard InChI is InChI=1S/C91H160N4O38/c1-7-9-11-13-15-17-19-21-22-23-24-25-26-27-28-29-30-32-34-36-38-40-42-44-68(109)95-58(59(104)43-41-39-37-35-33-31-20-18-16-14-12-10-8-2)52-124-84-77(115)76(114)79(67(51-99)126-84)127-85-78(116)83(73(111)64(48-96)125-85)133-91(88(121)122)47-62(107)71(94-56(5)102)82(132-91)75(113)66(50-98)129-90(87(119)120)46-61(106)70(93-55(4)101)81(131-90)74(112)65(49-97)128-89(86(117)118)45-60(105)69(92-54(3)100)80(130-89)72(110)63(108)53-123-57(6)103/h41,43,58-67,69-85,96-99,104-108,110-116H,7-40,42,44-53H2,1-6H3,(H,92,100)(H,93,101)(H,94,102)(H,95,109)(H,117,118)(H,119,120)(H,121,122)/b43-41+/t58-,59+,60?,61?,62?,63+,64?,65+,66+,67?,69+,70+,71+,72+,73-,74+,75+,76+,77?,78?,79+,80?,81?,82?,83-,84+,85-,89+,90+,91-/m0/s1. The van der Waals surface area contributed by atoms with Gasteiger partial charge in [-0.1, -0.05) is 231 Å². The second kappa shape index (κ2) is 61.8. The van der Waals surface area contributed by atoms with Gasteiger partial charge in [0.25, 0.3) is 17.4 Å². The lowest BCUT2D eigenvalue weighted by Gasteiger charge is -2.51. The molecule has 4 amide bonds. The topological polar surface area (TPSA) is 671 Å². The van der Waals surface area contributed by atoms with E-state index >= 15 is 0 Å². The van der Waals surface area contributed by atoms with Crippen LogP contribution in [0.1, 0.15) is 292 Å². The van der Waals surface area contributed by atoms with Crippen LogP contribution in [0, 0.1) is 0 Å². The summed E-state index contributed by atoms with van der Waals surface area (Å²) in [6.07, 6.45) is -11.8. The van der Waals surface area contributed by atoms with Gasteiger partial charge in [-0.15, -0.1) is 0 Å². The molecule has 0 radical (unpaired) electrons. The van der Waals surface area contributed by atoms with Gasteiger partial charge in [0.2, 0.25) is 23.6 Å². The van der Waals surface area contributed by atoms with Crippen molar-refractivity contribution < 1.29 is 187 Å². The van der Waals surface area contributed by atoms with Crippen LogP contribution >= 0.6 is 0 Å². The molecule has 0 aromatic carbocycles. The first-order valence-corrected chi connectivity index (χ1v) is 48.2. The molecule has 0 aromatic rings. The molecule has 5 saturated heterocycles. The average Bonchev–Trinajstić information content (AvgIpc) is 0.747. The predicted octanol–water partition coefficient (Wildman–Crippen LogP) is 1.20. The number of carboxylic acid groups (broad SMARTS) is 3. The van der Waals surface area contributed by atoms with E-state index in [1.807, 2.05) is 0 Å². The molecule has 133 heavy (non-hydrogen) atoms. The van der Waals surface area contributed by atoms with Gasteiger partial charge >= 0.3 is 23.9 Å². The highest BCUT2D eigenvalue weighted by Crippen LogP contribution is 2.43. The maximum Gasteiger partial charge on any atom is 0.364 e. The van der Waals surface area contributed by atoms with Crippen LogP contribution in [-0.2, 0) is 90.5 Å². The van der Waals surface area contributed by atoms with E-state index in [-0.39, 0.29) is 6.42 Å². The molecule has 0 aliphatic carbocycles. The third kappa shape index (κ3) is 37.9. The number of ether oxygens (including phenoxy) is 11. The molecule has 5 aliphatic rings. The molecule has 0 bridgehead atoms. The zero-order chi connectivity index (χ0) is 98.5. The molecule has 5 rings (SSSR count). The number of aliphatic hydroxyl groups is 16. The number of amides is 4. The Morgan fingerprint density at radius 1 is 0.421 bits per heavy atom. The number of hydrogen-bond acceptors (Lipinski definition) is 35. The lowest BCUT2D eigenvalue weighted by molar-refractivity contribution is -0.388. The highest BCUT2D eigenvalue weighted by Gasteiger charge is 2.64. The Morgan fingerprint density at radius 3 is 1.15 bits per heavy atom. The number of esters is 1. The van der Waals surface area contributed by atoms with E-state index < -0.39 is 289 Å². The van der Waals surface area contributed by atoms with Crippen molar-refractivity contribution >= 4 is 47.5 Å². The summed E-state index contributed by atoms with van der Waals surface area (Å²) >= 11 is 0. The quantitative estimate of drug-likeness (QED) is 0.0231. The fourth-order valence-electron chi connectivity index (χ4n) is 17.7. The first-order valence-electron chi connectivity index (χ1n) is 48.2. The largest absolute Gasteiger partial charge is 0.477 e. The molecule has 5 fully saturated rings. The van der Waals surface area contributed by atoms with Crippen molar-refractivity contribution in [3.05, 3.63) is 12.2 Å². The molecule has 0 aromatic heterocycles. The van der Waals surface area contributed by atoms with Crippen molar-refractivity contribution in [2.45, 2.75) is 474 Å². The van der Waals surface area contributed by atoms with Gasteiger partial charge in [0.05, 0.1) is 81.6 Å². The van der Waals surface area contributed by atoms with Crippen molar-refractivity contribution in [3.63, 3.8) is 0 Å². The lowest BCUT2D eigenvalue weighted by Crippen LogP contribution is -2.72. The van der Waals surface area contributed by atoms with Gasteiger partial charge in [0.1, 0.15) is 110 Å². The molecule has 0 saturated carbocycles. The van der Waals surface area contributed by atoms with Crippen LogP contribution in [0.4, 0.5) is 0 Å². The van der Waals surface area contributed by atoms with Crippen LogP contribution in [0.15, 0.2) is 12.2 Å². The fourth-order valence-corrected chi connectivity index (χ4v) is 17.7. The number of aliphatic carboxylic acids is 3. The number of allylic oxidation sites excluding steroid dienone is 1. The second-order valence-corrected chi connectivity index (χ2v) is 36.3. The van der Waals surface area contributed by atoms with Gasteiger partial charge in [0.15, 0.2) is 12.6 Å². The van der Waals surface area contributed by atoms with Crippen molar-refractivity contribution in [2.24, 2.45) is 0 Å². The summed E-state index contributed by atoms with van der Waals surface area (Å²) in [5.74, 6) is -21.7. The fraction of sp³-hybridized carbons (Fsp3) is 0.890. The molecule has 772 valence electrons. The Balaban J connectivity index is 1.31. The van der Waals surface area contributed by atoms with Gasteiger partial charge < -0.3 is 170 Å². The minimum Gasteiger partial charge on any atom is -0.477 e. The minimum absolute atomic E-state index is 0.121. The summed E-state index contributed by atoms with van der Waals surface area (Å²) in [6.45, 7) is 1.07. The van der Waals surface area contributed by atoms with Gasteiger partial charge in [-0.2, -0.15) is 0 Å². The number of aliphatic hydroxyl groups excluding tert-OH is 16. The molecule has 23 N–H and O–H groups in total. The third-order valence-electron chi connectivity index (χ3n) is 25.2. The van der Waals surface area contributed by atoms with Gasteiger partial charge in [-0.05, 0) is 19.3 Å². The van der Waals surface area contributed by atoms with E-state index in [1.165, 1.54) is 154 Å². The van der Waals surface area contributed by atoms with Gasteiger partial charge in [0, 0.05) is 53.4 Å². The number of nitrogens with one attached hydrogen (secondary N) is 4. The average molecular weight is 1920 g/mol. The van der Waals surface area contributed by atoms with Crippen molar-refractivity contribution in [1.29, 1.82) is 0 Å². The van der Waals surface area contributed by atoms with Gasteiger partial charge in [-0.3, -0.25) is 24.0 Å². The molecule has 42 nitrogen and oxygen atoms in total. The van der Waals surface area contributed by atoms with Crippen molar-refractivity contribution in [3.8, 4) is 0 Å². The highest BCUT2D eigenvalue weighted by atomic mass is 16.8. The molecule has 42 heteroatoms. The Bertz CT molecular complexity index is 3380. The number of carbonyl (C=O) groups excluding carboxylic acids is 5. The summed E-state index contributed by atoms with van der Waals surface area (Å²) in [6, 6.07) is -7.09. The summed E-state index contributed by atoms with van der Waals surface area (Å²) in [5.41, 5.74) is 0. The molecular formula is C91H160N4O38. The second-order valence-electron chi connectivity index (χ2n) is 36.3. The third-order valence-corrected chi connectivity index (χ3v) is 25.2. The van der Waals surface area contributed by atoms with Crippen LogP contribution in [-0.4, -0.2) is 366 Å². The molecular weight excluding hydrogens is 1760 g/mol. The summed E-state index contributed by atoms with van der Waals surface area (Å²) in [4.78, 5) is 104. The number of unbranched alkanes of at least 4 members (excludes halogenated alkanes) is 33. The zero-order valence-corrected chi connectivity index (χ0v) is 78.3. The Kier molecular flexibility index (Phi) is 54.8. The van der Waals surface area contributed by atoms with Crippen LogP contribution in [0.2, 0.25) is 0 Å². The SMILES string of the molecule is CCCCCCCCCCCCC/C=C/[C@@H](O)[C@H](CO[C@@H]1OC(CO)[C@@H](O[C@@H]2OC(CO)[C@H](O)[C@H](O[C@]3(C(=O)O)CC(O)[C@@H](NC(C)=O)C([C@H](O)[C@@H](CO)O[C@]4(C(=O)O)CC(O)[C@@H](NC(C)=O)C([C@H](O)[C@@H](CO)O[C@]5(C(=O)O)CC(O)[C@@H](NC(C)=O)C([C@H](O)[C@H](O)COC(C)=O)O5)O4)O3)C2O)[C@H](O)C1O)NC(=O)CCCCCCCCCCCCCCCCCCCCCCCCC. The first-order chi connectivity index (χ1) is 63.4. The monoisotopic (exact) mass is 1920 g/mol. The summed E-state index contributed by atoms with van der Waals surface area (Å²) < 4.78 is 63.2. The molecule has 5 heterocycles. The van der Waals surface area contributed by atoms with E-state index in [9.17, 15) is 135 Å². The minimum atomic E-state index is -3.59. The first kappa shape index (κ1) is 118. The summed E-state index contributed by atoms with van der Waals surface area (Å²) in [5, 5.41) is 227. The maximum absolute atomic E-state index is 13.9. The van der Waals surface area contributed by atoms with E-state index in [0.717, 1.165) is 91.9 Å². The summed E-state index contributed by atoms with van der Waals surface area (Å²) in [7, 11) is 0. The predicted molar refractivity (Wildman–Crippen MR) is 471 cm³/mol. The molecule has 30 atom stereocenters. The van der Waals surface area contributed by atoms with Crippen molar-refractivity contribution in [1.82, 2.24) is 21.3 Å². The number of hydrogen-bond donors (Lipinski definition) is 23. The van der Waals surface area contributed by atoms with Gasteiger partial charge in [-0.25, -0.2) is 14.4 Å². The smallest absolute Gasteiger partial charge is 0.364 e. The number of rotatable bonds is 68. The van der Waals surface area contributed by atoms with E-state index in [1.54, 1.807) is 6.08 Å². The Morgan fingerprint density at radius 2 is 0.782 bits per heavy atom. The molecule has 5 aliphatic heterocycles. The lowest BCUT2D eigenvalue weighted by atomic mass is 9.86. The number of carbonyl (C=O) groups is 8. The van der Waals surface area contributed by atoms with Crippen LogP contribution in [0.25, 0.3) is 0 Å². The van der Waals surface area contributed by atoms with E-state index in [0.29, 0.717) is 12.8 Å². The van der Waals surface area contributed by atoms with Crippen LogP contribution in [0.5, 0.6) is 0 Å². The normalized spacial score (nSPS) is 31.0. The molecule has 10 unspecified atom stereocenters. The Hall–Kier alpha value is -5.54. The highest BCUT2D eigenvalue weighted by molar-refractivity contribution is 5.79. The van der Waals surface area contributed by atoms with Crippen molar-refractivity contribution in [2.75, 3.05) is 39.6 Å². The van der Waals surface area contributed by atoms with E-state index in [4.69, 9.17) is 52.1 Å².